The summed E-state index contributed by atoms with van der Waals surface area (Å²) in [6, 6.07) is -0.0931. The van der Waals surface area contributed by atoms with Crippen LogP contribution in [-0.2, 0) is 9.84 Å². The highest BCUT2D eigenvalue weighted by Crippen LogP contribution is 2.24. The molecule has 2 unspecified atom stereocenters. The fourth-order valence-electron chi connectivity index (χ4n) is 2.11. The molecule has 96 valence electrons. The summed E-state index contributed by atoms with van der Waals surface area (Å²) in [6.45, 7) is 4.79. The second-order valence-corrected chi connectivity index (χ2v) is 6.55. The van der Waals surface area contributed by atoms with Crippen molar-refractivity contribution >= 4 is 9.84 Å². The van der Waals surface area contributed by atoms with Crippen LogP contribution in [0.3, 0.4) is 0 Å². The van der Waals surface area contributed by atoms with Gasteiger partial charge in [0.2, 0.25) is 0 Å². The summed E-state index contributed by atoms with van der Waals surface area (Å²) in [6.07, 6.45) is 0.596. The van der Waals surface area contributed by atoms with Gasteiger partial charge >= 0.3 is 0 Å². The molecule has 1 saturated heterocycles. The zero-order valence-electron chi connectivity index (χ0n) is 10.00. The van der Waals surface area contributed by atoms with Gasteiger partial charge in [0.1, 0.15) is 0 Å². The van der Waals surface area contributed by atoms with Gasteiger partial charge in [0.15, 0.2) is 15.7 Å². The minimum absolute atomic E-state index is 0.0262. The second-order valence-electron chi connectivity index (χ2n) is 4.32. The molecule has 0 saturated carbocycles. The largest absolute Gasteiger partial charge is 0.308 e. The minimum atomic E-state index is -2.91. The maximum absolute atomic E-state index is 11.4. The molecule has 1 aliphatic rings. The first-order chi connectivity index (χ1) is 8.03. The van der Waals surface area contributed by atoms with E-state index in [9.17, 15) is 8.42 Å². The van der Waals surface area contributed by atoms with Crippen molar-refractivity contribution in [3.8, 4) is 0 Å². The van der Waals surface area contributed by atoms with Gasteiger partial charge in [0.25, 0.3) is 0 Å². The lowest BCUT2D eigenvalue weighted by Gasteiger charge is -2.15. The fraction of sp³-hybridized carbons (Fsp3) is 0.889. The third kappa shape index (κ3) is 2.63. The van der Waals surface area contributed by atoms with E-state index >= 15 is 0 Å². The highest BCUT2D eigenvalue weighted by atomic mass is 32.2. The van der Waals surface area contributed by atoms with Crippen molar-refractivity contribution < 1.29 is 8.42 Å². The van der Waals surface area contributed by atoms with Crippen molar-refractivity contribution in [3.63, 3.8) is 0 Å². The Labute approximate surface area is 101 Å². The van der Waals surface area contributed by atoms with E-state index in [-0.39, 0.29) is 23.6 Å². The van der Waals surface area contributed by atoms with Gasteiger partial charge < -0.3 is 5.32 Å². The average Bonchev–Trinajstić information content (AvgIpc) is 2.84. The molecule has 0 amide bonds. The van der Waals surface area contributed by atoms with Crippen molar-refractivity contribution in [1.82, 2.24) is 25.5 Å². The summed E-state index contributed by atoms with van der Waals surface area (Å²) in [5, 5.41) is 14.8. The molecule has 2 rings (SSSR count). The van der Waals surface area contributed by atoms with Gasteiger partial charge in [-0.05, 0) is 30.3 Å². The molecule has 17 heavy (non-hydrogen) atoms. The predicted molar refractivity (Wildman–Crippen MR) is 62.2 cm³/mol. The molecule has 2 heterocycles. The zero-order valence-corrected chi connectivity index (χ0v) is 10.8. The van der Waals surface area contributed by atoms with Crippen molar-refractivity contribution in [2.24, 2.45) is 0 Å². The van der Waals surface area contributed by atoms with Crippen molar-refractivity contribution in [2.45, 2.75) is 32.4 Å². The normalized spacial score (nSPS) is 24.9. The summed E-state index contributed by atoms with van der Waals surface area (Å²) in [7, 11) is -2.91. The monoisotopic (exact) mass is 259 g/mol. The third-order valence-electron chi connectivity index (χ3n) is 2.97. The molecule has 1 aromatic rings. The number of sulfone groups is 1. The van der Waals surface area contributed by atoms with Gasteiger partial charge in [-0.2, -0.15) is 0 Å². The van der Waals surface area contributed by atoms with Gasteiger partial charge in [-0.25, -0.2) is 13.1 Å². The molecule has 2 atom stereocenters. The van der Waals surface area contributed by atoms with Crippen molar-refractivity contribution in [1.29, 1.82) is 0 Å². The highest BCUT2D eigenvalue weighted by molar-refractivity contribution is 7.91. The van der Waals surface area contributed by atoms with Crippen molar-refractivity contribution in [3.05, 3.63) is 5.82 Å². The Morgan fingerprint density at radius 1 is 1.59 bits per heavy atom. The molecule has 1 aliphatic heterocycles. The quantitative estimate of drug-likeness (QED) is 0.798. The number of hydrogen-bond donors (Lipinski definition) is 1. The maximum Gasteiger partial charge on any atom is 0.168 e. The van der Waals surface area contributed by atoms with Crippen LogP contribution in [0.15, 0.2) is 0 Å². The zero-order chi connectivity index (χ0) is 12.5. The lowest BCUT2D eigenvalue weighted by molar-refractivity contribution is 0.435. The number of hydrogen-bond acceptors (Lipinski definition) is 6. The topological polar surface area (TPSA) is 89.8 Å². The molecular weight excluding hydrogens is 242 g/mol. The molecule has 1 fully saturated rings. The first-order valence-electron chi connectivity index (χ1n) is 5.75. The Hall–Kier alpha value is -1.02. The van der Waals surface area contributed by atoms with Crippen LogP contribution in [-0.4, -0.2) is 46.7 Å². The molecule has 0 spiro atoms. The van der Waals surface area contributed by atoms with E-state index in [0.29, 0.717) is 12.2 Å². The standard InChI is InChI=1S/C9H17N5O2S/c1-3-10-7(2)9-11-12-13-14(9)8-4-5-17(15,16)6-8/h7-8,10H,3-6H2,1-2H3. The summed E-state index contributed by atoms with van der Waals surface area (Å²) >= 11 is 0. The first-order valence-corrected chi connectivity index (χ1v) is 7.57. The Morgan fingerprint density at radius 2 is 2.35 bits per heavy atom. The van der Waals surface area contributed by atoms with Crippen LogP contribution in [0.4, 0.5) is 0 Å². The van der Waals surface area contributed by atoms with Gasteiger partial charge in [-0.15, -0.1) is 5.10 Å². The number of aromatic nitrogens is 4. The Kier molecular flexibility index (Phi) is 3.43. The molecule has 0 aromatic carbocycles. The van der Waals surface area contributed by atoms with Crippen LogP contribution in [0.25, 0.3) is 0 Å². The molecule has 7 nitrogen and oxygen atoms in total. The van der Waals surface area contributed by atoms with Crippen LogP contribution >= 0.6 is 0 Å². The van der Waals surface area contributed by atoms with Gasteiger partial charge in [-0.3, -0.25) is 0 Å². The Balaban J connectivity index is 2.20. The maximum atomic E-state index is 11.4. The fourth-order valence-corrected chi connectivity index (χ4v) is 3.80. The second kappa shape index (κ2) is 4.69. The van der Waals surface area contributed by atoms with Crippen LogP contribution in [0.2, 0.25) is 0 Å². The van der Waals surface area contributed by atoms with Gasteiger partial charge in [0.05, 0.1) is 23.6 Å². The third-order valence-corrected chi connectivity index (χ3v) is 4.72. The molecule has 8 heteroatoms. The molecule has 0 aliphatic carbocycles. The van der Waals surface area contributed by atoms with Gasteiger partial charge in [0, 0.05) is 0 Å². The minimum Gasteiger partial charge on any atom is -0.308 e. The summed E-state index contributed by atoms with van der Waals surface area (Å²) < 4.78 is 24.5. The molecule has 0 bridgehead atoms. The van der Waals surface area contributed by atoms with Crippen LogP contribution in [0, 0.1) is 0 Å². The number of nitrogens with zero attached hydrogens (tertiary/aromatic N) is 4. The summed E-state index contributed by atoms with van der Waals surface area (Å²) in [4.78, 5) is 0. The molecular formula is C9H17N5O2S. The van der Waals surface area contributed by atoms with Crippen LogP contribution < -0.4 is 5.32 Å². The van der Waals surface area contributed by atoms with E-state index in [2.05, 4.69) is 20.8 Å². The van der Waals surface area contributed by atoms with E-state index in [1.807, 2.05) is 13.8 Å². The number of rotatable bonds is 4. The average molecular weight is 259 g/mol. The SMILES string of the molecule is CCNC(C)c1nnnn1C1CCS(=O)(=O)C1. The van der Waals surface area contributed by atoms with E-state index in [0.717, 1.165) is 6.54 Å². The lowest BCUT2D eigenvalue weighted by atomic mass is 10.2. The lowest BCUT2D eigenvalue weighted by Crippen LogP contribution is -2.24. The predicted octanol–water partition coefficient (Wildman–Crippen LogP) is -0.297. The molecule has 0 radical (unpaired) electrons. The van der Waals surface area contributed by atoms with Crippen LogP contribution in [0.5, 0.6) is 0 Å². The van der Waals surface area contributed by atoms with Crippen LogP contribution in [0.1, 0.15) is 38.2 Å². The van der Waals surface area contributed by atoms with E-state index in [1.165, 1.54) is 0 Å². The Bertz CT molecular complexity index is 483. The highest BCUT2D eigenvalue weighted by Gasteiger charge is 2.32. The Morgan fingerprint density at radius 3 is 2.94 bits per heavy atom. The molecule has 1 N–H and O–H groups in total. The summed E-state index contributed by atoms with van der Waals surface area (Å²) in [5.74, 6) is 1.07. The smallest absolute Gasteiger partial charge is 0.168 e. The van der Waals surface area contributed by atoms with E-state index in [1.54, 1.807) is 4.68 Å². The number of nitrogens with one attached hydrogen (secondary N) is 1. The van der Waals surface area contributed by atoms with E-state index in [4.69, 9.17) is 0 Å². The first kappa shape index (κ1) is 12.4. The molecule has 1 aromatic heterocycles. The number of tetrazole rings is 1. The van der Waals surface area contributed by atoms with Crippen molar-refractivity contribution in [2.75, 3.05) is 18.1 Å². The van der Waals surface area contributed by atoms with Gasteiger partial charge in [-0.1, -0.05) is 6.92 Å². The summed E-state index contributed by atoms with van der Waals surface area (Å²) in [5.41, 5.74) is 0. The van der Waals surface area contributed by atoms with E-state index < -0.39 is 9.84 Å².